The molecule has 0 atom stereocenters. The standard InChI is InChI=1S/C19H23N3O4S/c1-22(2)15-7-5-14(6-8-15)4-3-11-20-27(24,25)16-9-10-18-17(12-16)21-19(23)13-26-18/h5-10,12,20H,3-4,11,13H2,1-2H3,(H,21,23). The molecule has 27 heavy (non-hydrogen) atoms. The van der Waals surface area contributed by atoms with E-state index in [2.05, 4.69) is 22.2 Å². The molecule has 1 aliphatic heterocycles. The lowest BCUT2D eigenvalue weighted by molar-refractivity contribution is -0.118. The first-order valence-corrected chi connectivity index (χ1v) is 10.2. The van der Waals surface area contributed by atoms with Crippen LogP contribution in [0.3, 0.4) is 0 Å². The van der Waals surface area contributed by atoms with Crippen molar-refractivity contribution < 1.29 is 17.9 Å². The maximum Gasteiger partial charge on any atom is 0.262 e. The van der Waals surface area contributed by atoms with E-state index in [-0.39, 0.29) is 17.4 Å². The maximum atomic E-state index is 12.5. The first kappa shape index (κ1) is 19.2. The van der Waals surface area contributed by atoms with Gasteiger partial charge in [-0.15, -0.1) is 0 Å². The van der Waals surface area contributed by atoms with Gasteiger partial charge in [-0.1, -0.05) is 12.1 Å². The zero-order valence-electron chi connectivity index (χ0n) is 15.4. The van der Waals surface area contributed by atoms with Crippen LogP contribution in [0.1, 0.15) is 12.0 Å². The van der Waals surface area contributed by atoms with E-state index >= 15 is 0 Å². The fraction of sp³-hybridized carbons (Fsp3) is 0.316. The van der Waals surface area contributed by atoms with E-state index in [1.165, 1.54) is 12.1 Å². The molecule has 1 aliphatic rings. The number of hydrogen-bond donors (Lipinski definition) is 2. The first-order chi connectivity index (χ1) is 12.8. The van der Waals surface area contributed by atoms with E-state index in [0.717, 1.165) is 17.7 Å². The molecule has 0 radical (unpaired) electrons. The van der Waals surface area contributed by atoms with Crippen molar-refractivity contribution >= 4 is 27.3 Å². The molecule has 1 heterocycles. The molecule has 7 nitrogen and oxygen atoms in total. The monoisotopic (exact) mass is 389 g/mol. The minimum absolute atomic E-state index is 0.0626. The Morgan fingerprint density at radius 2 is 1.89 bits per heavy atom. The third-order valence-electron chi connectivity index (χ3n) is 4.28. The summed E-state index contributed by atoms with van der Waals surface area (Å²) in [5.74, 6) is 0.167. The molecule has 8 heteroatoms. The molecule has 3 rings (SSSR count). The molecule has 0 aromatic heterocycles. The van der Waals surface area contributed by atoms with Crippen molar-refractivity contribution in [2.75, 3.05) is 37.5 Å². The van der Waals surface area contributed by atoms with Gasteiger partial charge in [-0.05, 0) is 48.7 Å². The highest BCUT2D eigenvalue weighted by Crippen LogP contribution is 2.29. The Morgan fingerprint density at radius 1 is 1.15 bits per heavy atom. The molecule has 0 bridgehead atoms. The largest absolute Gasteiger partial charge is 0.482 e. The normalized spacial score (nSPS) is 13.5. The fourth-order valence-corrected chi connectivity index (χ4v) is 3.87. The second kappa shape index (κ2) is 7.98. The molecule has 0 unspecified atom stereocenters. The van der Waals surface area contributed by atoms with Crippen molar-refractivity contribution in [2.24, 2.45) is 0 Å². The Labute approximate surface area is 159 Å². The quantitative estimate of drug-likeness (QED) is 0.707. The second-order valence-electron chi connectivity index (χ2n) is 6.56. The molecule has 2 aromatic rings. The summed E-state index contributed by atoms with van der Waals surface area (Å²) in [5, 5.41) is 2.61. The van der Waals surface area contributed by atoms with Crippen LogP contribution in [0.4, 0.5) is 11.4 Å². The highest BCUT2D eigenvalue weighted by atomic mass is 32.2. The molecule has 0 saturated heterocycles. The number of amides is 1. The van der Waals surface area contributed by atoms with Crippen LogP contribution in [-0.2, 0) is 21.2 Å². The molecular formula is C19H23N3O4S. The number of nitrogens with one attached hydrogen (secondary N) is 2. The van der Waals surface area contributed by atoms with Crippen LogP contribution in [0.5, 0.6) is 5.75 Å². The van der Waals surface area contributed by atoms with Gasteiger partial charge >= 0.3 is 0 Å². The Kier molecular flexibility index (Phi) is 5.67. The molecular weight excluding hydrogens is 366 g/mol. The molecule has 2 N–H and O–H groups in total. The van der Waals surface area contributed by atoms with Crippen LogP contribution >= 0.6 is 0 Å². The summed E-state index contributed by atoms with van der Waals surface area (Å²) in [7, 11) is 0.329. The van der Waals surface area contributed by atoms with Gasteiger partial charge in [-0.2, -0.15) is 0 Å². The lowest BCUT2D eigenvalue weighted by atomic mass is 10.1. The minimum Gasteiger partial charge on any atom is -0.482 e. The topological polar surface area (TPSA) is 87.7 Å². The Balaban J connectivity index is 1.56. The molecule has 1 amide bonds. The highest BCUT2D eigenvalue weighted by molar-refractivity contribution is 7.89. The lowest BCUT2D eigenvalue weighted by Crippen LogP contribution is -2.27. The van der Waals surface area contributed by atoms with Gasteiger partial charge in [0.15, 0.2) is 6.61 Å². The van der Waals surface area contributed by atoms with Crippen LogP contribution in [-0.4, -0.2) is 41.6 Å². The maximum absolute atomic E-state index is 12.5. The van der Waals surface area contributed by atoms with Gasteiger partial charge in [0.05, 0.1) is 10.6 Å². The van der Waals surface area contributed by atoms with Gasteiger partial charge in [-0.3, -0.25) is 4.79 Å². The number of carbonyl (C=O) groups is 1. The van der Waals surface area contributed by atoms with E-state index in [4.69, 9.17) is 4.74 Å². The number of nitrogens with zero attached hydrogens (tertiary/aromatic N) is 1. The Bertz CT molecular complexity index is 924. The minimum atomic E-state index is -3.65. The number of sulfonamides is 1. The third kappa shape index (κ3) is 4.78. The van der Waals surface area contributed by atoms with E-state index in [1.54, 1.807) is 6.07 Å². The Hall–Kier alpha value is -2.58. The van der Waals surface area contributed by atoms with Crippen molar-refractivity contribution in [2.45, 2.75) is 17.7 Å². The van der Waals surface area contributed by atoms with Crippen LogP contribution in [0.15, 0.2) is 47.4 Å². The summed E-state index contributed by atoms with van der Waals surface area (Å²) < 4.78 is 32.8. The number of hydrogen-bond acceptors (Lipinski definition) is 5. The summed E-state index contributed by atoms with van der Waals surface area (Å²) in [4.78, 5) is 13.5. The van der Waals surface area contributed by atoms with E-state index in [1.807, 2.05) is 31.1 Å². The molecule has 0 spiro atoms. The molecule has 0 aliphatic carbocycles. The van der Waals surface area contributed by atoms with Crippen molar-refractivity contribution in [3.05, 3.63) is 48.0 Å². The summed E-state index contributed by atoms with van der Waals surface area (Å²) >= 11 is 0. The number of fused-ring (bicyclic) bond motifs is 1. The average molecular weight is 389 g/mol. The summed E-state index contributed by atoms with van der Waals surface area (Å²) in [6, 6.07) is 12.6. The zero-order valence-corrected chi connectivity index (χ0v) is 16.2. The van der Waals surface area contributed by atoms with Crippen LogP contribution in [0.25, 0.3) is 0 Å². The predicted molar refractivity (Wildman–Crippen MR) is 105 cm³/mol. The molecule has 144 valence electrons. The average Bonchev–Trinajstić information content (AvgIpc) is 2.65. The third-order valence-corrected chi connectivity index (χ3v) is 5.74. The van der Waals surface area contributed by atoms with Gasteiger partial charge in [0, 0.05) is 26.3 Å². The SMILES string of the molecule is CN(C)c1ccc(CCCNS(=O)(=O)c2ccc3c(c2)NC(=O)CO3)cc1. The summed E-state index contributed by atoms with van der Waals surface area (Å²) in [5.41, 5.74) is 2.66. The highest BCUT2D eigenvalue weighted by Gasteiger charge is 2.20. The number of carbonyl (C=O) groups excluding carboxylic acids is 1. The molecule has 0 fully saturated rings. The zero-order chi connectivity index (χ0) is 19.4. The number of benzene rings is 2. The Morgan fingerprint density at radius 3 is 2.59 bits per heavy atom. The van der Waals surface area contributed by atoms with Crippen molar-refractivity contribution in [3.63, 3.8) is 0 Å². The van der Waals surface area contributed by atoms with E-state index in [9.17, 15) is 13.2 Å². The van der Waals surface area contributed by atoms with Crippen molar-refractivity contribution in [3.8, 4) is 5.75 Å². The van der Waals surface area contributed by atoms with Crippen molar-refractivity contribution in [1.82, 2.24) is 4.72 Å². The summed E-state index contributed by atoms with van der Waals surface area (Å²) in [6.45, 7) is 0.268. The number of rotatable bonds is 7. The number of ether oxygens (including phenoxy) is 1. The van der Waals surface area contributed by atoms with Gasteiger partial charge in [0.25, 0.3) is 5.91 Å². The second-order valence-corrected chi connectivity index (χ2v) is 8.32. The van der Waals surface area contributed by atoms with Gasteiger partial charge < -0.3 is 15.0 Å². The van der Waals surface area contributed by atoms with Gasteiger partial charge in [0.1, 0.15) is 5.75 Å². The van der Waals surface area contributed by atoms with Crippen LogP contribution in [0, 0.1) is 0 Å². The van der Waals surface area contributed by atoms with Crippen LogP contribution < -0.4 is 19.7 Å². The van der Waals surface area contributed by atoms with Crippen LogP contribution in [0.2, 0.25) is 0 Å². The lowest BCUT2D eigenvalue weighted by Gasteiger charge is -2.18. The molecule has 0 saturated carbocycles. The molecule has 2 aromatic carbocycles. The summed E-state index contributed by atoms with van der Waals surface area (Å²) in [6.07, 6.45) is 1.47. The number of aryl methyl sites for hydroxylation is 1. The smallest absolute Gasteiger partial charge is 0.262 e. The van der Waals surface area contributed by atoms with Gasteiger partial charge in [0.2, 0.25) is 10.0 Å². The van der Waals surface area contributed by atoms with Gasteiger partial charge in [-0.25, -0.2) is 13.1 Å². The fourth-order valence-electron chi connectivity index (χ4n) is 2.77. The van der Waals surface area contributed by atoms with E-state index < -0.39 is 10.0 Å². The number of anilines is 2. The van der Waals surface area contributed by atoms with Crippen molar-refractivity contribution in [1.29, 1.82) is 0 Å². The predicted octanol–water partition coefficient (Wildman–Crippen LogP) is 1.99. The first-order valence-electron chi connectivity index (χ1n) is 8.68. The van der Waals surface area contributed by atoms with E-state index in [0.29, 0.717) is 24.4 Å².